The van der Waals surface area contributed by atoms with Crippen molar-refractivity contribution in [3.63, 3.8) is 0 Å². The molecule has 0 atom stereocenters. The van der Waals surface area contributed by atoms with Crippen LogP contribution in [0.1, 0.15) is 40.4 Å². The fourth-order valence-electron chi connectivity index (χ4n) is 5.39. The Balaban J connectivity index is 1.27. The second-order valence-electron chi connectivity index (χ2n) is 9.56. The largest absolute Gasteiger partial charge is 0.497 e. The molecule has 0 radical (unpaired) electrons. The van der Waals surface area contributed by atoms with E-state index in [4.69, 9.17) is 4.74 Å². The number of hydrogen-bond acceptors (Lipinski definition) is 4. The van der Waals surface area contributed by atoms with Crippen LogP contribution >= 0.6 is 0 Å². The number of H-pyrrole nitrogens is 1. The van der Waals surface area contributed by atoms with E-state index in [1.807, 2.05) is 65.6 Å². The van der Waals surface area contributed by atoms with E-state index in [0.29, 0.717) is 42.0 Å². The van der Waals surface area contributed by atoms with Crippen molar-refractivity contribution in [2.45, 2.75) is 25.3 Å². The first-order chi connectivity index (χ1) is 18.1. The van der Waals surface area contributed by atoms with Crippen molar-refractivity contribution < 1.29 is 9.53 Å². The van der Waals surface area contributed by atoms with Crippen LogP contribution in [0.2, 0.25) is 0 Å². The van der Waals surface area contributed by atoms with Gasteiger partial charge >= 0.3 is 0 Å². The maximum Gasteiger partial charge on any atom is 0.274 e. The standard InChI is InChI=1S/C30H28N4O3/c1-37-22-11-12-27-25(17-22)26(18-31-27)21-13-15-33(16-14-21)30(36)28-23-9-5-6-10-24(23)29(35)34(32-28)19-20-7-3-2-4-8-20/h2-12,17-18,21,31H,13-16,19H2,1H3. The Labute approximate surface area is 214 Å². The lowest BCUT2D eigenvalue weighted by Crippen LogP contribution is -2.39. The molecule has 1 fully saturated rings. The third kappa shape index (κ3) is 4.27. The molecule has 6 rings (SSSR count). The van der Waals surface area contributed by atoms with Gasteiger partial charge in [-0.15, -0.1) is 0 Å². The molecule has 5 aromatic rings. The molecule has 0 spiro atoms. The lowest BCUT2D eigenvalue weighted by atomic mass is 9.89. The van der Waals surface area contributed by atoms with Crippen LogP contribution < -0.4 is 10.3 Å². The smallest absolute Gasteiger partial charge is 0.274 e. The van der Waals surface area contributed by atoms with E-state index >= 15 is 0 Å². The van der Waals surface area contributed by atoms with Gasteiger partial charge in [0.15, 0.2) is 5.69 Å². The normalized spacial score (nSPS) is 14.4. The van der Waals surface area contributed by atoms with Gasteiger partial charge in [0.1, 0.15) is 5.75 Å². The van der Waals surface area contributed by atoms with Crippen molar-refractivity contribution in [2.24, 2.45) is 0 Å². The van der Waals surface area contributed by atoms with Gasteiger partial charge in [-0.3, -0.25) is 9.59 Å². The third-order valence-electron chi connectivity index (χ3n) is 7.39. The van der Waals surface area contributed by atoms with Crippen LogP contribution in [-0.2, 0) is 6.54 Å². The summed E-state index contributed by atoms with van der Waals surface area (Å²) in [4.78, 5) is 32.2. The minimum atomic E-state index is -0.190. The minimum absolute atomic E-state index is 0.128. The third-order valence-corrected chi connectivity index (χ3v) is 7.39. The number of aromatic nitrogens is 3. The number of nitrogens with one attached hydrogen (secondary N) is 1. The maximum atomic E-state index is 13.7. The molecule has 1 aliphatic heterocycles. The van der Waals surface area contributed by atoms with Crippen molar-refractivity contribution in [3.8, 4) is 5.75 Å². The van der Waals surface area contributed by atoms with Crippen LogP contribution in [0.15, 0.2) is 83.8 Å². The van der Waals surface area contributed by atoms with E-state index in [9.17, 15) is 9.59 Å². The molecular formula is C30H28N4O3. The summed E-state index contributed by atoms with van der Waals surface area (Å²) in [6, 6.07) is 23.0. The summed E-state index contributed by atoms with van der Waals surface area (Å²) in [6.45, 7) is 1.58. The highest BCUT2D eigenvalue weighted by Gasteiger charge is 2.28. The quantitative estimate of drug-likeness (QED) is 0.376. The molecule has 1 aliphatic rings. The number of piperidine rings is 1. The minimum Gasteiger partial charge on any atom is -0.497 e. The summed E-state index contributed by atoms with van der Waals surface area (Å²) in [5.41, 5.74) is 3.46. The van der Waals surface area contributed by atoms with Crippen LogP contribution in [-0.4, -0.2) is 45.8 Å². The number of carbonyl (C=O) groups is 1. The summed E-state index contributed by atoms with van der Waals surface area (Å²) in [5, 5.41) is 6.88. The first-order valence-electron chi connectivity index (χ1n) is 12.6. The van der Waals surface area contributed by atoms with E-state index < -0.39 is 0 Å². The van der Waals surface area contributed by atoms with Crippen molar-refractivity contribution in [2.75, 3.05) is 20.2 Å². The molecule has 3 aromatic carbocycles. The van der Waals surface area contributed by atoms with Gasteiger partial charge in [0.2, 0.25) is 0 Å². The first-order valence-corrected chi connectivity index (χ1v) is 12.6. The Hall–Kier alpha value is -4.39. The van der Waals surface area contributed by atoms with Crippen LogP contribution in [0, 0.1) is 0 Å². The van der Waals surface area contributed by atoms with E-state index in [1.54, 1.807) is 13.2 Å². The van der Waals surface area contributed by atoms with Crippen molar-refractivity contribution in [1.82, 2.24) is 19.7 Å². The summed E-state index contributed by atoms with van der Waals surface area (Å²) >= 11 is 0. The van der Waals surface area contributed by atoms with E-state index in [1.165, 1.54) is 15.6 Å². The van der Waals surface area contributed by atoms with Crippen molar-refractivity contribution in [3.05, 3.63) is 106 Å². The number of likely N-dealkylation sites (tertiary alicyclic amines) is 1. The highest BCUT2D eigenvalue weighted by Crippen LogP contribution is 2.35. The zero-order valence-corrected chi connectivity index (χ0v) is 20.7. The topological polar surface area (TPSA) is 80.2 Å². The number of ether oxygens (including phenoxy) is 1. The number of aromatic amines is 1. The number of rotatable bonds is 5. The van der Waals surface area contributed by atoms with Crippen LogP contribution in [0.3, 0.4) is 0 Å². The van der Waals surface area contributed by atoms with Crippen LogP contribution in [0.4, 0.5) is 0 Å². The Morgan fingerprint density at radius 1 is 0.973 bits per heavy atom. The first kappa shape index (κ1) is 23.0. The molecule has 2 aromatic heterocycles. The highest BCUT2D eigenvalue weighted by atomic mass is 16.5. The molecule has 1 amide bonds. The Morgan fingerprint density at radius 2 is 1.70 bits per heavy atom. The molecule has 7 nitrogen and oxygen atoms in total. The average Bonchev–Trinajstić information content (AvgIpc) is 3.38. The fraction of sp³-hybridized carbons (Fsp3) is 0.233. The number of hydrogen-bond donors (Lipinski definition) is 1. The molecule has 0 aliphatic carbocycles. The Kier molecular flexibility index (Phi) is 5.96. The molecule has 1 N–H and O–H groups in total. The molecule has 3 heterocycles. The Morgan fingerprint density at radius 3 is 2.46 bits per heavy atom. The lowest BCUT2D eigenvalue weighted by molar-refractivity contribution is 0.0707. The average molecular weight is 493 g/mol. The van der Waals surface area contributed by atoms with Gasteiger partial charge in [0.25, 0.3) is 11.5 Å². The molecule has 0 unspecified atom stereocenters. The van der Waals surface area contributed by atoms with Gasteiger partial charge in [-0.05, 0) is 54.2 Å². The number of methoxy groups -OCH3 is 1. The van der Waals surface area contributed by atoms with E-state index in [2.05, 4.69) is 22.3 Å². The molecule has 186 valence electrons. The van der Waals surface area contributed by atoms with Gasteiger partial charge in [-0.25, -0.2) is 4.68 Å². The summed E-state index contributed by atoms with van der Waals surface area (Å²) in [5.74, 6) is 1.06. The SMILES string of the molecule is COc1ccc2[nH]cc(C3CCN(C(=O)c4nn(Cc5ccccc5)c(=O)c5ccccc45)CC3)c2c1. The number of fused-ring (bicyclic) bond motifs is 2. The van der Waals surface area contributed by atoms with Crippen molar-refractivity contribution in [1.29, 1.82) is 0 Å². The molecule has 1 saturated heterocycles. The zero-order chi connectivity index (χ0) is 25.4. The molecule has 7 heteroatoms. The molecule has 0 saturated carbocycles. The summed E-state index contributed by atoms with van der Waals surface area (Å²) in [6.07, 6.45) is 3.80. The second-order valence-corrected chi connectivity index (χ2v) is 9.56. The summed E-state index contributed by atoms with van der Waals surface area (Å²) in [7, 11) is 1.68. The number of benzene rings is 3. The zero-order valence-electron chi connectivity index (χ0n) is 20.7. The van der Waals surface area contributed by atoms with Gasteiger partial charge in [0, 0.05) is 35.6 Å². The maximum absolute atomic E-state index is 13.7. The summed E-state index contributed by atoms with van der Waals surface area (Å²) < 4.78 is 6.84. The van der Waals surface area contributed by atoms with Crippen LogP contribution in [0.5, 0.6) is 5.75 Å². The van der Waals surface area contributed by atoms with E-state index in [0.717, 1.165) is 29.7 Å². The van der Waals surface area contributed by atoms with E-state index in [-0.39, 0.29) is 11.5 Å². The number of amides is 1. The molecule has 0 bridgehead atoms. The number of carbonyl (C=O) groups excluding carboxylic acids is 1. The molecular weight excluding hydrogens is 464 g/mol. The lowest BCUT2D eigenvalue weighted by Gasteiger charge is -2.32. The van der Waals surface area contributed by atoms with Gasteiger partial charge in [-0.1, -0.05) is 48.5 Å². The van der Waals surface area contributed by atoms with Crippen molar-refractivity contribution >= 4 is 27.6 Å². The second kappa shape index (κ2) is 9.58. The highest BCUT2D eigenvalue weighted by molar-refractivity contribution is 6.04. The Bertz CT molecular complexity index is 1650. The number of nitrogens with zero attached hydrogens (tertiary/aromatic N) is 3. The van der Waals surface area contributed by atoms with Gasteiger partial charge in [-0.2, -0.15) is 5.10 Å². The van der Waals surface area contributed by atoms with Gasteiger partial charge in [0.05, 0.1) is 19.0 Å². The predicted octanol–water partition coefficient (Wildman–Crippen LogP) is 4.95. The fourth-order valence-corrected chi connectivity index (χ4v) is 5.39. The monoisotopic (exact) mass is 492 g/mol. The van der Waals surface area contributed by atoms with Gasteiger partial charge < -0.3 is 14.6 Å². The predicted molar refractivity (Wildman–Crippen MR) is 144 cm³/mol. The molecule has 37 heavy (non-hydrogen) atoms. The van der Waals surface area contributed by atoms with Crippen LogP contribution in [0.25, 0.3) is 21.7 Å².